The Labute approximate surface area is 185 Å². The molecule has 3 aromatic rings. The Morgan fingerprint density at radius 1 is 1.10 bits per heavy atom. The lowest BCUT2D eigenvalue weighted by Gasteiger charge is -2.30. The van der Waals surface area contributed by atoms with E-state index in [-0.39, 0.29) is 16.6 Å². The fraction of sp³-hybridized carbons (Fsp3) is 0.333. The number of methoxy groups -OCH3 is 2. The first-order valence-electron chi connectivity index (χ1n) is 9.74. The SMILES string of the molecule is COc1ccc(OC)c(S(=O)(=O)N2CCC(c3nc(-c4ccccc4Cl)no3)CC2)c1. The van der Waals surface area contributed by atoms with Gasteiger partial charge >= 0.3 is 0 Å². The maximum Gasteiger partial charge on any atom is 0.246 e. The lowest BCUT2D eigenvalue weighted by atomic mass is 9.98. The van der Waals surface area contributed by atoms with Crippen LogP contribution in [0.3, 0.4) is 0 Å². The second-order valence-corrected chi connectivity index (χ2v) is 9.44. The summed E-state index contributed by atoms with van der Waals surface area (Å²) >= 11 is 6.21. The maximum atomic E-state index is 13.2. The van der Waals surface area contributed by atoms with E-state index in [1.807, 2.05) is 18.2 Å². The van der Waals surface area contributed by atoms with Crippen molar-refractivity contribution in [1.29, 1.82) is 0 Å². The summed E-state index contributed by atoms with van der Waals surface area (Å²) in [5.74, 6) is 1.63. The molecule has 2 aromatic carbocycles. The molecule has 10 heteroatoms. The molecule has 164 valence electrons. The Hall–Kier alpha value is -2.62. The zero-order valence-electron chi connectivity index (χ0n) is 17.1. The summed E-state index contributed by atoms with van der Waals surface area (Å²) in [5, 5.41) is 4.59. The van der Waals surface area contributed by atoms with Crippen molar-refractivity contribution in [3.8, 4) is 22.9 Å². The van der Waals surface area contributed by atoms with Crippen LogP contribution >= 0.6 is 11.6 Å². The summed E-state index contributed by atoms with van der Waals surface area (Å²) in [5.41, 5.74) is 0.698. The number of sulfonamides is 1. The number of nitrogens with zero attached hydrogens (tertiary/aromatic N) is 3. The Morgan fingerprint density at radius 3 is 2.52 bits per heavy atom. The van der Waals surface area contributed by atoms with Gasteiger partial charge in [0.1, 0.15) is 16.4 Å². The Kier molecular flexibility index (Phi) is 6.17. The second-order valence-electron chi connectivity index (χ2n) is 7.13. The maximum absolute atomic E-state index is 13.2. The molecule has 1 fully saturated rings. The van der Waals surface area contributed by atoms with Crippen LogP contribution in [-0.4, -0.2) is 50.2 Å². The van der Waals surface area contributed by atoms with Gasteiger partial charge in [-0.05, 0) is 37.1 Å². The molecule has 1 aliphatic rings. The van der Waals surface area contributed by atoms with Crippen molar-refractivity contribution in [2.24, 2.45) is 0 Å². The van der Waals surface area contributed by atoms with Gasteiger partial charge in [0.25, 0.3) is 0 Å². The van der Waals surface area contributed by atoms with Gasteiger partial charge in [0, 0.05) is 30.6 Å². The number of hydrogen-bond acceptors (Lipinski definition) is 7. The number of piperidine rings is 1. The molecule has 0 aliphatic carbocycles. The minimum absolute atomic E-state index is 0.0256. The average Bonchev–Trinajstić information content (AvgIpc) is 3.29. The highest BCUT2D eigenvalue weighted by molar-refractivity contribution is 7.89. The van der Waals surface area contributed by atoms with Gasteiger partial charge in [-0.15, -0.1) is 0 Å². The molecule has 0 bridgehead atoms. The normalized spacial score (nSPS) is 15.7. The van der Waals surface area contributed by atoms with E-state index in [1.165, 1.54) is 24.6 Å². The van der Waals surface area contributed by atoms with E-state index in [4.69, 9.17) is 25.6 Å². The third-order valence-corrected chi connectivity index (χ3v) is 7.60. The van der Waals surface area contributed by atoms with E-state index in [2.05, 4.69) is 10.1 Å². The van der Waals surface area contributed by atoms with Crippen molar-refractivity contribution in [2.45, 2.75) is 23.7 Å². The lowest BCUT2D eigenvalue weighted by Crippen LogP contribution is -2.38. The first-order valence-corrected chi connectivity index (χ1v) is 11.6. The lowest BCUT2D eigenvalue weighted by molar-refractivity contribution is 0.270. The van der Waals surface area contributed by atoms with Crippen LogP contribution in [0.25, 0.3) is 11.4 Å². The first-order chi connectivity index (χ1) is 14.9. The van der Waals surface area contributed by atoms with E-state index < -0.39 is 10.0 Å². The standard InChI is InChI=1S/C21H22ClN3O5S/c1-28-15-7-8-18(29-2)19(13-15)31(26,27)25-11-9-14(10-12-25)21-23-20(24-30-21)16-5-3-4-6-17(16)22/h3-8,13-14H,9-12H2,1-2H3. The summed E-state index contributed by atoms with van der Waals surface area (Å²) in [6, 6.07) is 12.0. The topological polar surface area (TPSA) is 94.8 Å². The molecular formula is C21H22ClN3O5S. The number of halogens is 1. The molecule has 0 amide bonds. The highest BCUT2D eigenvalue weighted by Gasteiger charge is 2.34. The van der Waals surface area contributed by atoms with Crippen LogP contribution in [0.5, 0.6) is 11.5 Å². The zero-order valence-corrected chi connectivity index (χ0v) is 18.7. The minimum Gasteiger partial charge on any atom is -0.497 e. The van der Waals surface area contributed by atoms with Gasteiger partial charge in [-0.25, -0.2) is 8.42 Å². The van der Waals surface area contributed by atoms with Gasteiger partial charge in [0.05, 0.1) is 19.2 Å². The number of benzene rings is 2. The molecule has 0 unspecified atom stereocenters. The molecule has 2 heterocycles. The summed E-state index contributed by atoms with van der Waals surface area (Å²) in [6.45, 7) is 0.661. The van der Waals surface area contributed by atoms with E-state index in [0.29, 0.717) is 54.0 Å². The number of rotatable bonds is 6. The fourth-order valence-corrected chi connectivity index (χ4v) is 5.48. The highest BCUT2D eigenvalue weighted by atomic mass is 35.5. The Morgan fingerprint density at radius 2 is 1.84 bits per heavy atom. The molecule has 0 atom stereocenters. The molecule has 0 radical (unpaired) electrons. The van der Waals surface area contributed by atoms with Crippen molar-refractivity contribution in [2.75, 3.05) is 27.3 Å². The van der Waals surface area contributed by atoms with Gasteiger partial charge < -0.3 is 14.0 Å². The molecule has 1 aromatic heterocycles. The van der Waals surface area contributed by atoms with Gasteiger partial charge in [0.15, 0.2) is 0 Å². The van der Waals surface area contributed by atoms with E-state index >= 15 is 0 Å². The second kappa shape index (κ2) is 8.86. The van der Waals surface area contributed by atoms with Crippen molar-refractivity contribution < 1.29 is 22.4 Å². The molecule has 4 rings (SSSR count). The van der Waals surface area contributed by atoms with Crippen LogP contribution < -0.4 is 9.47 Å². The number of aromatic nitrogens is 2. The molecule has 0 saturated carbocycles. The summed E-state index contributed by atoms with van der Waals surface area (Å²) in [7, 11) is -0.807. The third kappa shape index (κ3) is 4.26. The Balaban J connectivity index is 1.50. The van der Waals surface area contributed by atoms with E-state index in [9.17, 15) is 8.42 Å². The van der Waals surface area contributed by atoms with Crippen LogP contribution in [-0.2, 0) is 10.0 Å². The van der Waals surface area contributed by atoms with Crippen molar-refractivity contribution in [3.63, 3.8) is 0 Å². The van der Waals surface area contributed by atoms with Crippen LogP contribution in [0.4, 0.5) is 0 Å². The van der Waals surface area contributed by atoms with Crippen LogP contribution in [0.1, 0.15) is 24.7 Å². The molecular weight excluding hydrogens is 442 g/mol. The van der Waals surface area contributed by atoms with E-state index in [1.54, 1.807) is 18.2 Å². The summed E-state index contributed by atoms with van der Waals surface area (Å²) in [6.07, 6.45) is 1.13. The van der Waals surface area contributed by atoms with Crippen LogP contribution in [0, 0.1) is 0 Å². The molecule has 1 saturated heterocycles. The molecule has 0 N–H and O–H groups in total. The Bertz CT molecular complexity index is 1170. The molecule has 1 aliphatic heterocycles. The van der Waals surface area contributed by atoms with Crippen molar-refractivity contribution in [1.82, 2.24) is 14.4 Å². The van der Waals surface area contributed by atoms with Gasteiger partial charge in [-0.2, -0.15) is 9.29 Å². The third-order valence-electron chi connectivity index (χ3n) is 5.35. The summed E-state index contributed by atoms with van der Waals surface area (Å²) < 4.78 is 43.8. The molecule has 8 nitrogen and oxygen atoms in total. The number of ether oxygens (including phenoxy) is 2. The predicted molar refractivity (Wildman–Crippen MR) is 115 cm³/mol. The highest BCUT2D eigenvalue weighted by Crippen LogP contribution is 2.35. The quantitative estimate of drug-likeness (QED) is 0.545. The molecule has 0 spiro atoms. The van der Waals surface area contributed by atoms with Crippen LogP contribution in [0.2, 0.25) is 5.02 Å². The monoisotopic (exact) mass is 463 g/mol. The van der Waals surface area contributed by atoms with Crippen LogP contribution in [0.15, 0.2) is 51.9 Å². The fourth-order valence-electron chi connectivity index (χ4n) is 3.62. The van der Waals surface area contributed by atoms with Gasteiger partial charge in [-0.1, -0.05) is 28.9 Å². The van der Waals surface area contributed by atoms with Crippen molar-refractivity contribution in [3.05, 3.63) is 53.4 Å². The van der Waals surface area contributed by atoms with E-state index in [0.717, 1.165) is 0 Å². The zero-order chi connectivity index (χ0) is 22.0. The number of hydrogen-bond donors (Lipinski definition) is 0. The van der Waals surface area contributed by atoms with Crippen molar-refractivity contribution >= 4 is 21.6 Å². The minimum atomic E-state index is -3.74. The first kappa shape index (κ1) is 21.6. The smallest absolute Gasteiger partial charge is 0.246 e. The average molecular weight is 464 g/mol. The van der Waals surface area contributed by atoms with Gasteiger partial charge in [0.2, 0.25) is 21.7 Å². The predicted octanol–water partition coefficient (Wildman–Crippen LogP) is 3.98. The van der Waals surface area contributed by atoms with Gasteiger partial charge in [-0.3, -0.25) is 0 Å². The summed E-state index contributed by atoms with van der Waals surface area (Å²) in [4.78, 5) is 4.58. The molecule has 31 heavy (non-hydrogen) atoms. The largest absolute Gasteiger partial charge is 0.497 e.